The van der Waals surface area contributed by atoms with Crippen LogP contribution in [0.2, 0.25) is 0 Å². The minimum absolute atomic E-state index is 0.0720. The number of benzene rings is 2. The predicted octanol–water partition coefficient (Wildman–Crippen LogP) is 3.81. The first-order valence-corrected chi connectivity index (χ1v) is 11.0. The summed E-state index contributed by atoms with van der Waals surface area (Å²) in [7, 11) is 3.23. The van der Waals surface area contributed by atoms with Gasteiger partial charge < -0.3 is 24.4 Å². The van der Waals surface area contributed by atoms with E-state index in [1.165, 1.54) is 0 Å². The number of carbonyl (C=O) groups is 2. The molecule has 0 aliphatic heterocycles. The third-order valence-electron chi connectivity index (χ3n) is 5.11. The highest BCUT2D eigenvalue weighted by Crippen LogP contribution is 2.19. The predicted molar refractivity (Wildman–Crippen MR) is 124 cm³/mol. The van der Waals surface area contributed by atoms with E-state index in [4.69, 9.17) is 14.2 Å². The van der Waals surface area contributed by atoms with Crippen molar-refractivity contribution in [1.82, 2.24) is 10.2 Å². The first-order valence-electron chi connectivity index (χ1n) is 11.0. The van der Waals surface area contributed by atoms with Crippen LogP contribution in [0.3, 0.4) is 0 Å². The van der Waals surface area contributed by atoms with Gasteiger partial charge in [0.15, 0.2) is 0 Å². The van der Waals surface area contributed by atoms with Gasteiger partial charge in [-0.05, 0) is 61.7 Å². The molecule has 2 aromatic rings. The van der Waals surface area contributed by atoms with Gasteiger partial charge in [-0.15, -0.1) is 0 Å². The summed E-state index contributed by atoms with van der Waals surface area (Å²) in [6, 6.07) is 14.3. The highest BCUT2D eigenvalue weighted by atomic mass is 16.5. The number of nitrogens with zero attached hydrogens (tertiary/aromatic N) is 1. The number of amides is 2. The Kier molecular flexibility index (Phi) is 10.4. The second-order valence-corrected chi connectivity index (χ2v) is 7.32. The maximum absolute atomic E-state index is 13.1. The van der Waals surface area contributed by atoms with Crippen LogP contribution in [0.25, 0.3) is 0 Å². The number of rotatable bonds is 13. The van der Waals surface area contributed by atoms with E-state index in [2.05, 4.69) is 5.32 Å². The SMILES string of the molecule is CCNC(=O)[C@@H](CC)N(Cc1ccc(OC)cc1)C(=O)CCCOc1ccc(OC)cc1. The van der Waals surface area contributed by atoms with Crippen molar-refractivity contribution in [3.05, 3.63) is 54.1 Å². The van der Waals surface area contributed by atoms with Gasteiger partial charge in [0.2, 0.25) is 11.8 Å². The Morgan fingerprint density at radius 3 is 2.00 bits per heavy atom. The standard InChI is InChI=1S/C25H34N2O5/c1-5-23(25(29)26-6-2)27(18-19-9-11-20(30-3)12-10-19)24(28)8-7-17-32-22-15-13-21(31-4)14-16-22/h9-16,23H,5-8,17-18H2,1-4H3,(H,26,29)/t23-/m1/s1. The minimum Gasteiger partial charge on any atom is -0.497 e. The van der Waals surface area contributed by atoms with Crippen molar-refractivity contribution in [1.29, 1.82) is 0 Å². The largest absolute Gasteiger partial charge is 0.497 e. The quantitative estimate of drug-likeness (QED) is 0.478. The molecule has 7 nitrogen and oxygen atoms in total. The number of ether oxygens (including phenoxy) is 3. The van der Waals surface area contributed by atoms with Crippen LogP contribution in [0.1, 0.15) is 38.7 Å². The summed E-state index contributed by atoms with van der Waals surface area (Å²) >= 11 is 0. The number of likely N-dealkylation sites (N-methyl/N-ethyl adjacent to an activating group) is 1. The molecule has 0 spiro atoms. The van der Waals surface area contributed by atoms with E-state index in [0.29, 0.717) is 39.0 Å². The lowest BCUT2D eigenvalue weighted by atomic mass is 10.1. The molecule has 1 N–H and O–H groups in total. The zero-order chi connectivity index (χ0) is 23.3. The van der Waals surface area contributed by atoms with Gasteiger partial charge in [-0.3, -0.25) is 9.59 Å². The Hall–Kier alpha value is -3.22. The highest BCUT2D eigenvalue weighted by molar-refractivity contribution is 5.87. The molecule has 2 aromatic carbocycles. The number of hydrogen-bond acceptors (Lipinski definition) is 5. The summed E-state index contributed by atoms with van der Waals surface area (Å²) in [6.07, 6.45) is 1.38. The summed E-state index contributed by atoms with van der Waals surface area (Å²) in [6.45, 7) is 5.08. The van der Waals surface area contributed by atoms with Crippen molar-refractivity contribution >= 4 is 11.8 Å². The third-order valence-corrected chi connectivity index (χ3v) is 5.11. The molecule has 174 valence electrons. The van der Waals surface area contributed by atoms with Gasteiger partial charge in [0.1, 0.15) is 23.3 Å². The lowest BCUT2D eigenvalue weighted by molar-refractivity contribution is -0.141. The van der Waals surface area contributed by atoms with E-state index in [1.54, 1.807) is 19.1 Å². The normalized spacial score (nSPS) is 11.4. The molecule has 2 amide bonds. The third kappa shape index (κ3) is 7.48. The lowest BCUT2D eigenvalue weighted by Crippen LogP contribution is -2.49. The smallest absolute Gasteiger partial charge is 0.242 e. The Labute approximate surface area is 190 Å². The van der Waals surface area contributed by atoms with Gasteiger partial charge in [0, 0.05) is 19.5 Å². The molecular formula is C25H34N2O5. The molecule has 0 unspecified atom stereocenters. The van der Waals surface area contributed by atoms with Crippen LogP contribution in [0.15, 0.2) is 48.5 Å². The first-order chi connectivity index (χ1) is 15.5. The molecule has 0 aliphatic carbocycles. The van der Waals surface area contributed by atoms with Gasteiger partial charge in [0.05, 0.1) is 20.8 Å². The molecule has 0 aromatic heterocycles. The molecular weight excluding hydrogens is 408 g/mol. The molecule has 0 heterocycles. The van der Waals surface area contributed by atoms with Crippen LogP contribution in [0, 0.1) is 0 Å². The van der Waals surface area contributed by atoms with Crippen molar-refractivity contribution < 1.29 is 23.8 Å². The highest BCUT2D eigenvalue weighted by Gasteiger charge is 2.28. The van der Waals surface area contributed by atoms with Crippen molar-refractivity contribution in [3.8, 4) is 17.2 Å². The van der Waals surface area contributed by atoms with Crippen LogP contribution in [-0.2, 0) is 16.1 Å². The van der Waals surface area contributed by atoms with E-state index in [9.17, 15) is 9.59 Å². The Morgan fingerprint density at radius 2 is 1.47 bits per heavy atom. The molecule has 0 saturated carbocycles. The molecule has 2 rings (SSSR count). The monoisotopic (exact) mass is 442 g/mol. The van der Waals surface area contributed by atoms with Crippen LogP contribution in [0.4, 0.5) is 0 Å². The number of nitrogens with one attached hydrogen (secondary N) is 1. The molecule has 0 fully saturated rings. The fraction of sp³-hybridized carbons (Fsp3) is 0.440. The Bertz CT molecular complexity index is 836. The van der Waals surface area contributed by atoms with Gasteiger partial charge in [-0.1, -0.05) is 19.1 Å². The van der Waals surface area contributed by atoms with Crippen LogP contribution >= 0.6 is 0 Å². The van der Waals surface area contributed by atoms with E-state index in [-0.39, 0.29) is 11.8 Å². The summed E-state index contributed by atoms with van der Waals surface area (Å²) in [5.41, 5.74) is 0.941. The lowest BCUT2D eigenvalue weighted by Gasteiger charge is -2.30. The van der Waals surface area contributed by atoms with Crippen LogP contribution < -0.4 is 19.5 Å². The minimum atomic E-state index is -0.521. The fourth-order valence-electron chi connectivity index (χ4n) is 3.37. The van der Waals surface area contributed by atoms with E-state index >= 15 is 0 Å². The second-order valence-electron chi connectivity index (χ2n) is 7.32. The first kappa shape index (κ1) is 25.0. The maximum Gasteiger partial charge on any atom is 0.242 e. The van der Waals surface area contributed by atoms with Crippen LogP contribution in [-0.4, -0.2) is 50.1 Å². The Morgan fingerprint density at radius 1 is 0.906 bits per heavy atom. The molecule has 7 heteroatoms. The fourth-order valence-corrected chi connectivity index (χ4v) is 3.37. The summed E-state index contributed by atoms with van der Waals surface area (Å²) in [5, 5.41) is 2.85. The molecule has 0 bridgehead atoms. The zero-order valence-electron chi connectivity index (χ0n) is 19.4. The number of methoxy groups -OCH3 is 2. The number of carbonyl (C=O) groups excluding carboxylic acids is 2. The van der Waals surface area contributed by atoms with Crippen molar-refractivity contribution in [2.75, 3.05) is 27.4 Å². The van der Waals surface area contributed by atoms with E-state index in [0.717, 1.165) is 22.8 Å². The van der Waals surface area contributed by atoms with Gasteiger partial charge in [0.25, 0.3) is 0 Å². The average Bonchev–Trinajstić information content (AvgIpc) is 2.82. The molecule has 1 atom stereocenters. The van der Waals surface area contributed by atoms with E-state index < -0.39 is 6.04 Å². The van der Waals surface area contributed by atoms with Crippen molar-refractivity contribution in [2.45, 2.75) is 45.7 Å². The average molecular weight is 443 g/mol. The molecule has 32 heavy (non-hydrogen) atoms. The van der Waals surface area contributed by atoms with Gasteiger partial charge in [-0.25, -0.2) is 0 Å². The summed E-state index contributed by atoms with van der Waals surface area (Å²) < 4.78 is 16.1. The molecule has 0 radical (unpaired) electrons. The zero-order valence-corrected chi connectivity index (χ0v) is 19.4. The van der Waals surface area contributed by atoms with Crippen LogP contribution in [0.5, 0.6) is 17.2 Å². The Balaban J connectivity index is 2.01. The van der Waals surface area contributed by atoms with E-state index in [1.807, 2.05) is 62.4 Å². The summed E-state index contributed by atoms with van der Waals surface area (Å²) in [4.78, 5) is 27.4. The summed E-state index contributed by atoms with van der Waals surface area (Å²) in [5.74, 6) is 2.03. The van der Waals surface area contributed by atoms with Gasteiger partial charge >= 0.3 is 0 Å². The second kappa shape index (κ2) is 13.2. The van der Waals surface area contributed by atoms with Gasteiger partial charge in [-0.2, -0.15) is 0 Å². The molecule has 0 aliphatic rings. The van der Waals surface area contributed by atoms with Crippen molar-refractivity contribution in [3.63, 3.8) is 0 Å². The van der Waals surface area contributed by atoms with Crippen molar-refractivity contribution in [2.24, 2.45) is 0 Å². The molecule has 0 saturated heterocycles. The maximum atomic E-state index is 13.1. The topological polar surface area (TPSA) is 77.1 Å². The number of hydrogen-bond donors (Lipinski definition) is 1.